The van der Waals surface area contributed by atoms with Crippen molar-refractivity contribution >= 4 is 6.09 Å². The minimum absolute atomic E-state index is 0.0793. The zero-order chi connectivity index (χ0) is 18.9. The third-order valence-corrected chi connectivity index (χ3v) is 2.89. The highest BCUT2D eigenvalue weighted by molar-refractivity contribution is 5.64. The van der Waals surface area contributed by atoms with Crippen molar-refractivity contribution in [2.75, 3.05) is 13.9 Å². The van der Waals surface area contributed by atoms with Gasteiger partial charge in [-0.3, -0.25) is 0 Å². The number of carboxylic acid groups (broad SMARTS) is 1. The van der Waals surface area contributed by atoms with Gasteiger partial charge >= 0.3 is 6.09 Å². The monoisotopic (exact) mass is 351 g/mol. The summed E-state index contributed by atoms with van der Waals surface area (Å²) in [7, 11) is 1.43. The summed E-state index contributed by atoms with van der Waals surface area (Å²) >= 11 is 0. The first-order valence-electron chi connectivity index (χ1n) is 7.89. The average Bonchev–Trinajstić information content (AvgIpc) is 2.64. The van der Waals surface area contributed by atoms with E-state index in [-0.39, 0.29) is 12.6 Å². The number of amides is 1. The van der Waals surface area contributed by atoms with Crippen LogP contribution in [0.2, 0.25) is 0 Å². The fraction of sp³-hybridized carbons (Fsp3) is 0.316. The van der Waals surface area contributed by atoms with E-state index < -0.39 is 6.09 Å². The van der Waals surface area contributed by atoms with Crippen LogP contribution in [0.1, 0.15) is 24.5 Å². The van der Waals surface area contributed by atoms with Crippen LogP contribution in [0, 0.1) is 5.82 Å². The smallest absolute Gasteiger partial charge is 0.404 e. The van der Waals surface area contributed by atoms with E-state index in [9.17, 15) is 9.18 Å². The number of rotatable bonds is 5. The molecular weight excluding hydrogens is 325 g/mol. The molecule has 0 radical (unpaired) electrons. The Hall–Kier alpha value is -2.44. The molecule has 138 valence electrons. The Balaban J connectivity index is 0.000000383. The molecule has 0 aliphatic heterocycles. The van der Waals surface area contributed by atoms with Crippen LogP contribution in [0.5, 0.6) is 0 Å². The van der Waals surface area contributed by atoms with Gasteiger partial charge in [-0.1, -0.05) is 61.9 Å². The molecule has 2 rings (SSSR count). The molecule has 0 saturated heterocycles. The quantitative estimate of drug-likeness (QED) is 0.716. The van der Waals surface area contributed by atoms with Crippen LogP contribution in [-0.4, -0.2) is 30.2 Å². The highest BCUT2D eigenvalue weighted by Gasteiger charge is 1.96. The van der Waals surface area contributed by atoms with Gasteiger partial charge in [-0.05, 0) is 23.6 Å². The number of aliphatic hydroxyl groups is 1. The second-order valence-corrected chi connectivity index (χ2v) is 4.90. The number of ether oxygens (including phenoxy) is 1. The molecular formula is C19H26FNO4. The van der Waals surface area contributed by atoms with E-state index in [0.717, 1.165) is 24.0 Å². The van der Waals surface area contributed by atoms with Crippen LogP contribution < -0.4 is 5.32 Å². The maximum absolute atomic E-state index is 12.8. The SMILES string of the molecule is CCCc1ccccc1F.COCO.O=C(O)NCc1ccccc1. The first-order chi connectivity index (χ1) is 12.0. The summed E-state index contributed by atoms with van der Waals surface area (Å²) < 4.78 is 16.9. The first kappa shape index (κ1) is 22.6. The maximum Gasteiger partial charge on any atom is 0.404 e. The summed E-state index contributed by atoms with van der Waals surface area (Å²) in [6.45, 7) is 2.24. The molecule has 0 aliphatic rings. The summed E-state index contributed by atoms with van der Waals surface area (Å²) in [5, 5.41) is 18.2. The Labute approximate surface area is 148 Å². The molecule has 0 bridgehead atoms. The molecule has 3 N–H and O–H groups in total. The molecule has 2 aromatic rings. The van der Waals surface area contributed by atoms with Crippen molar-refractivity contribution in [2.24, 2.45) is 0 Å². The number of methoxy groups -OCH3 is 1. The minimum atomic E-state index is -0.992. The fourth-order valence-corrected chi connectivity index (χ4v) is 1.74. The fourth-order valence-electron chi connectivity index (χ4n) is 1.74. The lowest BCUT2D eigenvalue weighted by Crippen LogP contribution is -2.19. The van der Waals surface area contributed by atoms with E-state index in [2.05, 4.69) is 10.1 Å². The molecule has 1 amide bonds. The van der Waals surface area contributed by atoms with E-state index in [1.807, 2.05) is 49.4 Å². The number of aliphatic hydroxyl groups excluding tert-OH is 1. The molecule has 0 fully saturated rings. The Kier molecular flexibility index (Phi) is 13.6. The van der Waals surface area contributed by atoms with Crippen molar-refractivity contribution in [3.63, 3.8) is 0 Å². The summed E-state index contributed by atoms with van der Waals surface area (Å²) in [6, 6.07) is 16.3. The highest BCUT2D eigenvalue weighted by Crippen LogP contribution is 2.07. The van der Waals surface area contributed by atoms with Gasteiger partial charge in [-0.15, -0.1) is 0 Å². The molecule has 0 aromatic heterocycles. The van der Waals surface area contributed by atoms with Crippen molar-refractivity contribution < 1.29 is 24.1 Å². The number of carbonyl (C=O) groups is 1. The number of halogens is 1. The Morgan fingerprint density at radius 2 is 1.68 bits per heavy atom. The zero-order valence-corrected chi connectivity index (χ0v) is 14.6. The Morgan fingerprint density at radius 1 is 1.12 bits per heavy atom. The summed E-state index contributed by atoms with van der Waals surface area (Å²) in [6.07, 6.45) is 0.849. The summed E-state index contributed by atoms with van der Waals surface area (Å²) in [5.74, 6) is -0.0793. The molecule has 2 aromatic carbocycles. The Bertz CT molecular complexity index is 577. The first-order valence-corrected chi connectivity index (χ1v) is 7.89. The topological polar surface area (TPSA) is 78.8 Å². The Morgan fingerprint density at radius 3 is 2.16 bits per heavy atom. The molecule has 0 saturated carbocycles. The highest BCUT2D eigenvalue weighted by atomic mass is 19.1. The van der Waals surface area contributed by atoms with Gasteiger partial charge in [-0.25, -0.2) is 9.18 Å². The van der Waals surface area contributed by atoms with Gasteiger partial charge in [0.25, 0.3) is 0 Å². The van der Waals surface area contributed by atoms with E-state index in [1.54, 1.807) is 6.07 Å². The van der Waals surface area contributed by atoms with Crippen LogP contribution in [0.3, 0.4) is 0 Å². The van der Waals surface area contributed by atoms with Gasteiger partial charge in [-0.2, -0.15) is 0 Å². The lowest BCUT2D eigenvalue weighted by atomic mass is 10.1. The number of hydrogen-bond acceptors (Lipinski definition) is 3. The molecule has 0 unspecified atom stereocenters. The molecule has 0 spiro atoms. The van der Waals surface area contributed by atoms with Gasteiger partial charge in [0.05, 0.1) is 0 Å². The molecule has 25 heavy (non-hydrogen) atoms. The van der Waals surface area contributed by atoms with Crippen LogP contribution in [0.4, 0.5) is 9.18 Å². The van der Waals surface area contributed by atoms with Crippen molar-refractivity contribution in [3.8, 4) is 0 Å². The number of hydrogen-bond donors (Lipinski definition) is 3. The minimum Gasteiger partial charge on any atom is -0.465 e. The van der Waals surface area contributed by atoms with E-state index in [1.165, 1.54) is 13.2 Å². The van der Waals surface area contributed by atoms with Crippen LogP contribution in [0.15, 0.2) is 54.6 Å². The second-order valence-electron chi connectivity index (χ2n) is 4.90. The number of aryl methyl sites for hydroxylation is 1. The molecule has 0 heterocycles. The third kappa shape index (κ3) is 12.6. The van der Waals surface area contributed by atoms with E-state index >= 15 is 0 Å². The van der Waals surface area contributed by atoms with Gasteiger partial charge in [0.1, 0.15) is 12.6 Å². The lowest BCUT2D eigenvalue weighted by molar-refractivity contribution is 0.0325. The molecule has 0 aliphatic carbocycles. The van der Waals surface area contributed by atoms with Crippen LogP contribution in [-0.2, 0) is 17.7 Å². The lowest BCUT2D eigenvalue weighted by Gasteiger charge is -1.98. The van der Waals surface area contributed by atoms with E-state index in [4.69, 9.17) is 10.2 Å². The molecule has 6 heteroatoms. The van der Waals surface area contributed by atoms with Gasteiger partial charge in [0, 0.05) is 13.7 Å². The predicted molar refractivity (Wildman–Crippen MR) is 95.8 cm³/mol. The van der Waals surface area contributed by atoms with Gasteiger partial charge < -0.3 is 20.3 Å². The largest absolute Gasteiger partial charge is 0.465 e. The summed E-state index contributed by atoms with van der Waals surface area (Å²) in [4.78, 5) is 10.1. The third-order valence-electron chi connectivity index (χ3n) is 2.89. The van der Waals surface area contributed by atoms with Crippen molar-refractivity contribution in [2.45, 2.75) is 26.3 Å². The summed E-state index contributed by atoms with van der Waals surface area (Å²) in [5.41, 5.74) is 1.79. The van der Waals surface area contributed by atoms with Gasteiger partial charge in [0.15, 0.2) is 0 Å². The standard InChI is InChI=1S/C9H11F.C8H9NO2.C2H6O2/c1-2-5-8-6-3-4-7-9(8)10;10-8(11)9-6-7-4-2-1-3-5-7;1-4-2-3/h3-4,6-7H,2,5H2,1H3;1-5,9H,6H2,(H,10,11);3H,2H2,1H3. The zero-order valence-electron chi connectivity index (χ0n) is 14.6. The molecule has 0 atom stereocenters. The normalized spacial score (nSPS) is 9.12. The predicted octanol–water partition coefficient (Wildman–Crippen LogP) is 3.82. The van der Waals surface area contributed by atoms with Crippen molar-refractivity contribution in [1.82, 2.24) is 5.32 Å². The van der Waals surface area contributed by atoms with Crippen LogP contribution in [0.25, 0.3) is 0 Å². The number of benzene rings is 2. The second kappa shape index (κ2) is 15.1. The van der Waals surface area contributed by atoms with Crippen molar-refractivity contribution in [3.05, 3.63) is 71.5 Å². The van der Waals surface area contributed by atoms with Crippen LogP contribution >= 0.6 is 0 Å². The molecule has 5 nitrogen and oxygen atoms in total. The van der Waals surface area contributed by atoms with Crippen molar-refractivity contribution in [1.29, 1.82) is 0 Å². The van der Waals surface area contributed by atoms with E-state index in [0.29, 0.717) is 6.54 Å². The van der Waals surface area contributed by atoms with Gasteiger partial charge in [0.2, 0.25) is 0 Å². The average molecular weight is 351 g/mol. The maximum atomic E-state index is 12.8. The number of nitrogens with one attached hydrogen (secondary N) is 1.